The van der Waals surface area contributed by atoms with Crippen LogP contribution in [0, 0.1) is 6.92 Å². The molecule has 10 heteroatoms. The maximum absolute atomic E-state index is 12.6. The van der Waals surface area contributed by atoms with Crippen molar-refractivity contribution in [3.05, 3.63) is 58.5 Å². The lowest BCUT2D eigenvalue weighted by atomic mass is 10.1. The zero-order chi connectivity index (χ0) is 21.6. The number of nitrogens with one attached hydrogen (secondary N) is 1. The first-order valence-electron chi connectivity index (χ1n) is 10.2. The van der Waals surface area contributed by atoms with Crippen LogP contribution in [0.15, 0.2) is 34.9 Å². The number of carbonyl (C=O) groups excluding carboxylic acids is 1. The fraction of sp³-hybridized carbons (Fsp3) is 0.429. The van der Waals surface area contributed by atoms with Crippen LogP contribution in [-0.2, 0) is 22.4 Å². The lowest BCUT2D eigenvalue weighted by Gasteiger charge is -2.32. The molecule has 1 N–H and O–H groups in total. The topological polar surface area (TPSA) is 106 Å². The van der Waals surface area contributed by atoms with E-state index >= 15 is 0 Å². The first kappa shape index (κ1) is 21.3. The minimum Gasteiger partial charge on any atom is -0.493 e. The van der Waals surface area contributed by atoms with Gasteiger partial charge in [0.15, 0.2) is 5.82 Å². The second-order valence-corrected chi connectivity index (χ2v) is 7.74. The fourth-order valence-corrected chi connectivity index (χ4v) is 3.48. The molecule has 1 aliphatic heterocycles. The van der Waals surface area contributed by atoms with Crippen LogP contribution < -0.4 is 4.74 Å². The van der Waals surface area contributed by atoms with Crippen molar-refractivity contribution in [2.24, 2.45) is 0 Å². The number of carbonyl (C=O) groups is 1. The SMILES string of the molecule is Cc1noc(CCC(=O)N2CCO[C@H](c3cc(CCOc4ccc(Cl)cc4)[nH]n3)C2)n1. The molecular weight excluding hydrogens is 422 g/mol. The molecule has 4 rings (SSSR count). The molecule has 1 fully saturated rings. The smallest absolute Gasteiger partial charge is 0.227 e. The van der Waals surface area contributed by atoms with E-state index in [4.69, 9.17) is 25.6 Å². The van der Waals surface area contributed by atoms with Gasteiger partial charge in [-0.05, 0) is 37.3 Å². The summed E-state index contributed by atoms with van der Waals surface area (Å²) in [6.07, 6.45) is 1.17. The van der Waals surface area contributed by atoms with E-state index in [1.54, 1.807) is 24.0 Å². The molecule has 3 aromatic rings. The lowest BCUT2D eigenvalue weighted by Crippen LogP contribution is -2.42. The number of morpholine rings is 1. The summed E-state index contributed by atoms with van der Waals surface area (Å²) in [5.74, 6) is 1.86. The molecule has 164 valence electrons. The van der Waals surface area contributed by atoms with Crippen LogP contribution in [0.1, 0.15) is 35.6 Å². The highest BCUT2D eigenvalue weighted by molar-refractivity contribution is 6.30. The molecule has 9 nitrogen and oxygen atoms in total. The third kappa shape index (κ3) is 5.83. The summed E-state index contributed by atoms with van der Waals surface area (Å²) >= 11 is 5.88. The molecule has 0 bridgehead atoms. The molecule has 0 saturated carbocycles. The van der Waals surface area contributed by atoms with Crippen LogP contribution in [0.25, 0.3) is 0 Å². The van der Waals surface area contributed by atoms with Gasteiger partial charge in [0.1, 0.15) is 11.9 Å². The van der Waals surface area contributed by atoms with Crippen molar-refractivity contribution in [2.75, 3.05) is 26.3 Å². The quantitative estimate of drug-likeness (QED) is 0.568. The summed E-state index contributed by atoms with van der Waals surface area (Å²) in [5.41, 5.74) is 1.73. The molecule has 0 spiro atoms. The number of H-pyrrole nitrogens is 1. The van der Waals surface area contributed by atoms with Crippen LogP contribution in [0.3, 0.4) is 0 Å². The van der Waals surface area contributed by atoms with Gasteiger partial charge in [0.25, 0.3) is 0 Å². The number of nitrogens with zero attached hydrogens (tertiary/aromatic N) is 4. The van der Waals surface area contributed by atoms with Crippen LogP contribution in [0.5, 0.6) is 5.75 Å². The highest BCUT2D eigenvalue weighted by Gasteiger charge is 2.27. The maximum Gasteiger partial charge on any atom is 0.227 e. The van der Waals surface area contributed by atoms with E-state index < -0.39 is 0 Å². The minimum atomic E-state index is -0.259. The number of amides is 1. The van der Waals surface area contributed by atoms with Crippen molar-refractivity contribution in [3.63, 3.8) is 0 Å². The summed E-state index contributed by atoms with van der Waals surface area (Å²) in [5, 5.41) is 11.8. The molecule has 1 aromatic carbocycles. The first-order valence-corrected chi connectivity index (χ1v) is 10.6. The minimum absolute atomic E-state index is 0.0382. The van der Waals surface area contributed by atoms with Crippen molar-refractivity contribution in [2.45, 2.75) is 32.3 Å². The Bertz CT molecular complexity index is 1000. The van der Waals surface area contributed by atoms with E-state index in [-0.39, 0.29) is 12.0 Å². The second-order valence-electron chi connectivity index (χ2n) is 7.30. The molecule has 1 saturated heterocycles. The standard InChI is InChI=1S/C21H24ClN5O4/c1-14-23-20(31-26-14)6-7-21(28)27-9-11-30-19(13-27)18-12-16(24-25-18)8-10-29-17-4-2-15(22)3-5-17/h2-5,12,19H,6-11,13H2,1H3,(H,24,25)/t19-/m0/s1. The number of rotatable bonds is 8. The van der Waals surface area contributed by atoms with Crippen molar-refractivity contribution < 1.29 is 18.8 Å². The Kier molecular flexibility index (Phi) is 6.83. The van der Waals surface area contributed by atoms with Crippen molar-refractivity contribution in [3.8, 4) is 5.75 Å². The number of aromatic amines is 1. The molecule has 0 aliphatic carbocycles. The van der Waals surface area contributed by atoms with Gasteiger partial charge in [-0.3, -0.25) is 9.89 Å². The predicted molar refractivity (Wildman–Crippen MR) is 112 cm³/mol. The van der Waals surface area contributed by atoms with Crippen molar-refractivity contribution >= 4 is 17.5 Å². The number of aryl methyl sites for hydroxylation is 2. The van der Waals surface area contributed by atoms with E-state index in [0.29, 0.717) is 62.3 Å². The Labute approximate surface area is 184 Å². The highest BCUT2D eigenvalue weighted by Crippen LogP contribution is 2.22. The van der Waals surface area contributed by atoms with E-state index in [1.807, 2.05) is 18.2 Å². The zero-order valence-electron chi connectivity index (χ0n) is 17.2. The van der Waals surface area contributed by atoms with Gasteiger partial charge in [0.05, 0.1) is 25.5 Å². The van der Waals surface area contributed by atoms with Crippen LogP contribution in [-0.4, -0.2) is 57.4 Å². The summed E-state index contributed by atoms with van der Waals surface area (Å²) in [6, 6.07) is 9.22. The average Bonchev–Trinajstić information content (AvgIpc) is 3.42. The van der Waals surface area contributed by atoms with Crippen LogP contribution >= 0.6 is 11.6 Å². The summed E-state index contributed by atoms with van der Waals surface area (Å²) < 4.78 is 16.6. The summed E-state index contributed by atoms with van der Waals surface area (Å²) in [7, 11) is 0. The van der Waals surface area contributed by atoms with Gasteiger partial charge in [-0.15, -0.1) is 0 Å². The Hall–Kier alpha value is -2.91. The molecule has 1 amide bonds. The molecule has 2 aromatic heterocycles. The maximum atomic E-state index is 12.6. The van der Waals surface area contributed by atoms with Crippen molar-refractivity contribution in [1.29, 1.82) is 0 Å². The van der Waals surface area contributed by atoms with Gasteiger partial charge in [0.2, 0.25) is 11.8 Å². The molecule has 31 heavy (non-hydrogen) atoms. The molecule has 0 radical (unpaired) electrons. The number of benzene rings is 1. The zero-order valence-corrected chi connectivity index (χ0v) is 18.0. The van der Waals surface area contributed by atoms with Crippen LogP contribution in [0.4, 0.5) is 0 Å². The molecule has 1 atom stereocenters. The second kappa shape index (κ2) is 9.93. The van der Waals surface area contributed by atoms with E-state index in [9.17, 15) is 4.79 Å². The number of hydrogen-bond donors (Lipinski definition) is 1. The van der Waals surface area contributed by atoms with E-state index in [2.05, 4.69) is 20.3 Å². The summed E-state index contributed by atoms with van der Waals surface area (Å²) in [4.78, 5) is 18.5. The van der Waals surface area contributed by atoms with Gasteiger partial charge in [-0.1, -0.05) is 16.8 Å². The van der Waals surface area contributed by atoms with Gasteiger partial charge < -0.3 is 18.9 Å². The third-order valence-corrected chi connectivity index (χ3v) is 5.23. The predicted octanol–water partition coefficient (Wildman–Crippen LogP) is 2.91. The Morgan fingerprint density at radius 1 is 1.32 bits per heavy atom. The molecule has 0 unspecified atom stereocenters. The number of ether oxygens (including phenoxy) is 2. The Balaban J connectivity index is 1.25. The van der Waals surface area contributed by atoms with Crippen LogP contribution in [0.2, 0.25) is 5.02 Å². The number of hydrogen-bond acceptors (Lipinski definition) is 7. The largest absolute Gasteiger partial charge is 0.493 e. The molecule has 3 heterocycles. The number of aromatic nitrogens is 4. The molecular formula is C21H24ClN5O4. The van der Waals surface area contributed by atoms with E-state index in [1.165, 1.54) is 0 Å². The fourth-order valence-electron chi connectivity index (χ4n) is 3.35. The highest BCUT2D eigenvalue weighted by atomic mass is 35.5. The van der Waals surface area contributed by atoms with Crippen molar-refractivity contribution in [1.82, 2.24) is 25.2 Å². The monoisotopic (exact) mass is 445 g/mol. The normalized spacial score (nSPS) is 16.5. The Morgan fingerprint density at radius 3 is 2.94 bits per heavy atom. The van der Waals surface area contributed by atoms with Gasteiger partial charge >= 0.3 is 0 Å². The summed E-state index contributed by atoms with van der Waals surface area (Å²) in [6.45, 7) is 3.76. The average molecular weight is 446 g/mol. The van der Waals surface area contributed by atoms with E-state index in [0.717, 1.165) is 17.1 Å². The molecule has 1 aliphatic rings. The van der Waals surface area contributed by atoms with Gasteiger partial charge in [0, 0.05) is 36.5 Å². The number of halogens is 1. The van der Waals surface area contributed by atoms with Gasteiger partial charge in [-0.2, -0.15) is 10.1 Å². The van der Waals surface area contributed by atoms with Gasteiger partial charge in [-0.25, -0.2) is 0 Å². The first-order chi connectivity index (χ1) is 15.1. The third-order valence-electron chi connectivity index (χ3n) is 4.98. The lowest BCUT2D eigenvalue weighted by molar-refractivity contribution is -0.139. The Morgan fingerprint density at radius 2 is 2.16 bits per heavy atom.